The van der Waals surface area contributed by atoms with Crippen molar-refractivity contribution < 1.29 is 0 Å². The molecule has 42 valence electrons. The molecule has 1 aliphatic heterocycles. The summed E-state index contributed by atoms with van der Waals surface area (Å²) >= 11 is 0. The molecule has 0 aromatic heterocycles. The predicted molar refractivity (Wildman–Crippen MR) is 46.4 cm³/mol. The number of rotatable bonds is 0. The Morgan fingerprint density at radius 2 is 1.67 bits per heavy atom. The molecular weight excluding hydrogens is 106 g/mol. The fourth-order valence-corrected chi connectivity index (χ4v) is 0.649. The maximum absolute atomic E-state index is 2.12. The minimum atomic E-state index is 1.04. The van der Waals surface area contributed by atoms with Gasteiger partial charge in [-0.3, -0.25) is 0 Å². The zero-order valence-electron chi connectivity index (χ0n) is 5.33. The first-order chi connectivity index (χ1) is 4.50. The molecule has 0 saturated carbocycles. The molecule has 0 unspecified atom stereocenters. The summed E-state index contributed by atoms with van der Waals surface area (Å²) in [6.45, 7) is 2.12. The van der Waals surface area contributed by atoms with E-state index in [0.717, 1.165) is 7.17 Å². The molecule has 0 radical (unpaired) electrons. The van der Waals surface area contributed by atoms with Crippen molar-refractivity contribution in [2.24, 2.45) is 0 Å². The van der Waals surface area contributed by atoms with Crippen molar-refractivity contribution in [3.63, 3.8) is 0 Å². The predicted octanol–water partition coefficient (Wildman–Crippen LogP) is 0.484. The van der Waals surface area contributed by atoms with Gasteiger partial charge >= 0.3 is 56.3 Å². The van der Waals surface area contributed by atoms with Gasteiger partial charge in [-0.25, -0.2) is 0 Å². The molecule has 1 heterocycles. The van der Waals surface area contributed by atoms with E-state index in [0.29, 0.717) is 0 Å². The van der Waals surface area contributed by atoms with E-state index in [-0.39, 0.29) is 0 Å². The van der Waals surface area contributed by atoms with Crippen LogP contribution in [0.5, 0.6) is 0 Å². The molecule has 1 rings (SSSR count). The van der Waals surface area contributed by atoms with E-state index in [1.54, 1.807) is 0 Å². The summed E-state index contributed by atoms with van der Waals surface area (Å²) in [6.07, 6.45) is 10.2. The van der Waals surface area contributed by atoms with E-state index in [4.69, 9.17) is 0 Å². The SMILES string of the molecule is B1=CC=CC=CC=CB1. The third-order valence-corrected chi connectivity index (χ3v) is 1.10. The van der Waals surface area contributed by atoms with E-state index in [1.807, 2.05) is 24.3 Å². The van der Waals surface area contributed by atoms with Gasteiger partial charge in [0.1, 0.15) is 0 Å². The summed E-state index contributed by atoms with van der Waals surface area (Å²) in [6, 6.07) is 0. The van der Waals surface area contributed by atoms with Gasteiger partial charge in [-0.1, -0.05) is 0 Å². The quantitative estimate of drug-likeness (QED) is 0.401. The zero-order valence-corrected chi connectivity index (χ0v) is 5.33. The summed E-state index contributed by atoms with van der Waals surface area (Å²) in [5.74, 6) is 4.18. The fraction of sp³-hybridized carbons (Fsp3) is 0. The molecule has 0 amide bonds. The molecule has 0 saturated heterocycles. The van der Waals surface area contributed by atoms with Crippen LogP contribution in [0.1, 0.15) is 0 Å². The first kappa shape index (κ1) is 6.34. The van der Waals surface area contributed by atoms with Crippen LogP contribution in [-0.4, -0.2) is 19.9 Å². The van der Waals surface area contributed by atoms with E-state index in [9.17, 15) is 0 Å². The van der Waals surface area contributed by atoms with Crippen molar-refractivity contribution in [1.29, 1.82) is 0 Å². The van der Waals surface area contributed by atoms with Gasteiger partial charge in [-0.15, -0.1) is 0 Å². The van der Waals surface area contributed by atoms with Gasteiger partial charge in [-0.05, 0) is 0 Å². The standard InChI is InChI=1S/C7H8B2/c1-2-4-6-8-9-7-5-3-1/h1-8H. The van der Waals surface area contributed by atoms with Gasteiger partial charge in [-0.2, -0.15) is 0 Å². The Kier molecular flexibility index (Phi) is 2.91. The van der Waals surface area contributed by atoms with Crippen molar-refractivity contribution in [3.8, 4) is 0 Å². The Bertz CT molecular complexity index is 155. The molecule has 0 fully saturated rings. The van der Waals surface area contributed by atoms with Crippen molar-refractivity contribution in [3.05, 3.63) is 36.4 Å². The van der Waals surface area contributed by atoms with E-state index >= 15 is 0 Å². The molecule has 0 nitrogen and oxygen atoms in total. The molecule has 0 N–H and O–H groups in total. The molecule has 0 spiro atoms. The van der Waals surface area contributed by atoms with Crippen LogP contribution in [0.2, 0.25) is 0 Å². The normalized spacial score (nSPS) is 15.1. The van der Waals surface area contributed by atoms with Gasteiger partial charge in [0.2, 0.25) is 0 Å². The Labute approximate surface area is 57.1 Å². The Hall–Kier alpha value is -0.780. The summed E-state index contributed by atoms with van der Waals surface area (Å²) in [7, 11) is 1.04. The van der Waals surface area contributed by atoms with Crippen LogP contribution in [0.4, 0.5) is 0 Å². The van der Waals surface area contributed by atoms with E-state index in [2.05, 4.69) is 24.8 Å². The second-order valence-corrected chi connectivity index (χ2v) is 1.86. The van der Waals surface area contributed by atoms with E-state index in [1.165, 1.54) is 0 Å². The number of hydrogen-bond donors (Lipinski definition) is 0. The summed E-state index contributed by atoms with van der Waals surface area (Å²) in [5, 5.41) is 0. The molecule has 0 bridgehead atoms. The molecule has 1 aliphatic rings. The first-order valence-corrected chi connectivity index (χ1v) is 3.15. The Morgan fingerprint density at radius 1 is 0.889 bits per heavy atom. The van der Waals surface area contributed by atoms with Crippen LogP contribution in [0.25, 0.3) is 0 Å². The Balaban J connectivity index is 2.60. The van der Waals surface area contributed by atoms with Crippen LogP contribution in [0.15, 0.2) is 36.4 Å². The number of hydrogen-bond acceptors (Lipinski definition) is 0. The van der Waals surface area contributed by atoms with Crippen LogP contribution < -0.4 is 0 Å². The van der Waals surface area contributed by atoms with Crippen molar-refractivity contribution >= 4 is 19.9 Å². The van der Waals surface area contributed by atoms with Gasteiger partial charge in [0.25, 0.3) is 0 Å². The van der Waals surface area contributed by atoms with Crippen LogP contribution in [-0.2, 0) is 0 Å². The molecule has 0 aromatic rings. The van der Waals surface area contributed by atoms with Crippen molar-refractivity contribution in [2.75, 3.05) is 0 Å². The van der Waals surface area contributed by atoms with Gasteiger partial charge in [0, 0.05) is 0 Å². The molecule has 2 heteroatoms. The average Bonchev–Trinajstić information content (AvgIpc) is 2.00. The van der Waals surface area contributed by atoms with E-state index < -0.39 is 0 Å². The fourth-order valence-electron chi connectivity index (χ4n) is 0.649. The Morgan fingerprint density at radius 3 is 2.67 bits per heavy atom. The van der Waals surface area contributed by atoms with Crippen LogP contribution >= 0.6 is 0 Å². The molecule has 0 aliphatic carbocycles. The monoisotopic (exact) mass is 114 g/mol. The van der Waals surface area contributed by atoms with Gasteiger partial charge in [0.15, 0.2) is 0 Å². The van der Waals surface area contributed by atoms with Gasteiger partial charge < -0.3 is 0 Å². The van der Waals surface area contributed by atoms with Crippen molar-refractivity contribution in [2.45, 2.75) is 0 Å². The van der Waals surface area contributed by atoms with Crippen molar-refractivity contribution in [1.82, 2.24) is 0 Å². The molecule has 0 atom stereocenters. The summed E-state index contributed by atoms with van der Waals surface area (Å²) < 4.78 is 0. The van der Waals surface area contributed by atoms with Crippen LogP contribution in [0.3, 0.4) is 0 Å². The topological polar surface area (TPSA) is 0 Å². The minimum absolute atomic E-state index is 1.04. The number of allylic oxidation sites excluding steroid dienone is 5. The summed E-state index contributed by atoms with van der Waals surface area (Å²) in [5.41, 5.74) is 0. The second-order valence-electron chi connectivity index (χ2n) is 1.86. The zero-order chi connectivity index (χ0) is 6.36. The molecule has 9 heavy (non-hydrogen) atoms. The molecule has 0 aromatic carbocycles. The summed E-state index contributed by atoms with van der Waals surface area (Å²) in [4.78, 5) is 0. The van der Waals surface area contributed by atoms with Gasteiger partial charge in [0.05, 0.1) is 0 Å². The third-order valence-electron chi connectivity index (χ3n) is 1.10. The first-order valence-electron chi connectivity index (χ1n) is 3.15. The third kappa shape index (κ3) is 2.91. The van der Waals surface area contributed by atoms with Crippen LogP contribution in [0, 0.1) is 0 Å². The second kappa shape index (κ2) is 4.13. The maximum atomic E-state index is 2.12. The molecular formula is C7H8B2. The average molecular weight is 114 g/mol.